The first-order valence-corrected chi connectivity index (χ1v) is 7.77. The Morgan fingerprint density at radius 1 is 1.38 bits per heavy atom. The van der Waals surface area contributed by atoms with E-state index in [9.17, 15) is 4.79 Å². The largest absolute Gasteiger partial charge is 0.373 e. The lowest BCUT2D eigenvalue weighted by Crippen LogP contribution is -2.38. The molecule has 0 aromatic heterocycles. The molecule has 0 fully saturated rings. The fourth-order valence-corrected chi connectivity index (χ4v) is 2.93. The molecular weight excluding hydrogens is 264 g/mol. The van der Waals surface area contributed by atoms with Crippen LogP contribution in [0.2, 0.25) is 0 Å². The van der Waals surface area contributed by atoms with Crippen molar-refractivity contribution in [3.63, 3.8) is 0 Å². The maximum absolute atomic E-state index is 12.7. The highest BCUT2D eigenvalue weighted by atomic mass is 16.5. The van der Waals surface area contributed by atoms with E-state index in [1.807, 2.05) is 39.8 Å². The summed E-state index contributed by atoms with van der Waals surface area (Å²) in [6, 6.07) is 8.24. The molecule has 1 aliphatic rings. The number of carbonyl (C=O) groups is 1. The second kappa shape index (κ2) is 6.71. The van der Waals surface area contributed by atoms with Crippen LogP contribution in [-0.4, -0.2) is 25.1 Å². The Labute approximate surface area is 127 Å². The van der Waals surface area contributed by atoms with Gasteiger partial charge in [-0.1, -0.05) is 45.0 Å². The van der Waals surface area contributed by atoms with E-state index in [1.165, 1.54) is 5.56 Å². The standard InChI is InChI=1S/C18H26O3/c1-5-20-17(18(2,3)4)15(19)12-16-14-9-7-6-8-13(14)10-11-21-16/h6-9,16-17H,5,10-12H2,1-4H3. The van der Waals surface area contributed by atoms with E-state index in [0.717, 1.165) is 12.0 Å². The van der Waals surface area contributed by atoms with E-state index in [2.05, 4.69) is 12.1 Å². The molecule has 3 heteroatoms. The van der Waals surface area contributed by atoms with Crippen LogP contribution in [0.25, 0.3) is 0 Å². The van der Waals surface area contributed by atoms with Gasteiger partial charge in [0.25, 0.3) is 0 Å². The van der Waals surface area contributed by atoms with Crippen molar-refractivity contribution in [3.05, 3.63) is 35.4 Å². The topological polar surface area (TPSA) is 35.5 Å². The summed E-state index contributed by atoms with van der Waals surface area (Å²) in [5.41, 5.74) is 2.26. The van der Waals surface area contributed by atoms with Gasteiger partial charge >= 0.3 is 0 Å². The average molecular weight is 290 g/mol. The molecule has 0 saturated heterocycles. The minimum Gasteiger partial charge on any atom is -0.373 e. The Balaban J connectivity index is 2.13. The summed E-state index contributed by atoms with van der Waals surface area (Å²) in [5.74, 6) is 0.131. The normalized spacial score (nSPS) is 19.9. The summed E-state index contributed by atoms with van der Waals surface area (Å²) in [7, 11) is 0. The fraction of sp³-hybridized carbons (Fsp3) is 0.611. The smallest absolute Gasteiger partial charge is 0.165 e. The quantitative estimate of drug-likeness (QED) is 0.829. The molecule has 1 aliphatic heterocycles. The number of benzene rings is 1. The number of hydrogen-bond acceptors (Lipinski definition) is 3. The molecule has 0 aliphatic carbocycles. The highest BCUT2D eigenvalue weighted by Crippen LogP contribution is 2.32. The van der Waals surface area contributed by atoms with Crippen LogP contribution >= 0.6 is 0 Å². The molecule has 2 unspecified atom stereocenters. The summed E-state index contributed by atoms with van der Waals surface area (Å²) in [6.45, 7) is 9.29. The molecule has 0 N–H and O–H groups in total. The molecule has 0 radical (unpaired) electrons. The van der Waals surface area contributed by atoms with Gasteiger partial charge in [0, 0.05) is 13.0 Å². The molecule has 116 valence electrons. The van der Waals surface area contributed by atoms with E-state index >= 15 is 0 Å². The van der Waals surface area contributed by atoms with Crippen LogP contribution in [0.1, 0.15) is 51.3 Å². The molecule has 21 heavy (non-hydrogen) atoms. The first-order valence-electron chi connectivity index (χ1n) is 7.77. The Morgan fingerprint density at radius 2 is 2.10 bits per heavy atom. The van der Waals surface area contributed by atoms with Crippen LogP contribution in [0, 0.1) is 5.41 Å². The number of rotatable bonds is 5. The molecule has 0 bridgehead atoms. The van der Waals surface area contributed by atoms with Crippen molar-refractivity contribution in [3.8, 4) is 0 Å². The minimum atomic E-state index is -0.375. The van der Waals surface area contributed by atoms with E-state index in [-0.39, 0.29) is 23.4 Å². The van der Waals surface area contributed by atoms with E-state index in [4.69, 9.17) is 9.47 Å². The predicted octanol–water partition coefficient (Wildman–Crippen LogP) is 3.71. The van der Waals surface area contributed by atoms with Gasteiger partial charge in [-0.3, -0.25) is 4.79 Å². The van der Waals surface area contributed by atoms with Crippen molar-refractivity contribution < 1.29 is 14.3 Å². The van der Waals surface area contributed by atoms with Gasteiger partial charge in [-0.05, 0) is 29.9 Å². The monoisotopic (exact) mass is 290 g/mol. The van der Waals surface area contributed by atoms with Gasteiger partial charge < -0.3 is 9.47 Å². The summed E-state index contributed by atoms with van der Waals surface area (Å²) >= 11 is 0. The number of carbonyl (C=O) groups excluding carboxylic acids is 1. The molecule has 0 saturated carbocycles. The number of Topliss-reactive ketones (excluding diaryl/α,β-unsaturated/α-hetero) is 1. The Hall–Kier alpha value is -1.19. The maximum Gasteiger partial charge on any atom is 0.165 e. The van der Waals surface area contributed by atoms with Crippen LogP contribution in [0.4, 0.5) is 0 Å². The SMILES string of the molecule is CCOC(C(=O)CC1OCCc2ccccc21)C(C)(C)C. The van der Waals surface area contributed by atoms with Gasteiger partial charge in [0.1, 0.15) is 6.10 Å². The fourth-order valence-electron chi connectivity index (χ4n) is 2.93. The van der Waals surface area contributed by atoms with Gasteiger partial charge in [0.2, 0.25) is 0 Å². The summed E-state index contributed by atoms with van der Waals surface area (Å²) < 4.78 is 11.5. The zero-order valence-corrected chi connectivity index (χ0v) is 13.5. The zero-order valence-electron chi connectivity index (χ0n) is 13.5. The van der Waals surface area contributed by atoms with Crippen molar-refractivity contribution in [2.45, 2.75) is 52.7 Å². The molecule has 1 aromatic rings. The van der Waals surface area contributed by atoms with E-state index < -0.39 is 0 Å². The van der Waals surface area contributed by atoms with Gasteiger partial charge in [-0.15, -0.1) is 0 Å². The lowest BCUT2D eigenvalue weighted by Gasteiger charge is -2.32. The van der Waals surface area contributed by atoms with Gasteiger partial charge in [0.15, 0.2) is 5.78 Å². The van der Waals surface area contributed by atoms with Crippen LogP contribution in [-0.2, 0) is 20.7 Å². The third-order valence-electron chi connectivity index (χ3n) is 3.89. The van der Waals surface area contributed by atoms with Crippen LogP contribution < -0.4 is 0 Å². The Bertz CT molecular complexity index is 487. The third-order valence-corrected chi connectivity index (χ3v) is 3.89. The van der Waals surface area contributed by atoms with Crippen molar-refractivity contribution >= 4 is 5.78 Å². The zero-order chi connectivity index (χ0) is 15.5. The summed E-state index contributed by atoms with van der Waals surface area (Å²) in [5, 5.41) is 0. The lowest BCUT2D eigenvalue weighted by atomic mass is 9.83. The first-order chi connectivity index (χ1) is 9.93. The molecule has 1 heterocycles. The first kappa shape index (κ1) is 16.2. The molecule has 2 rings (SSSR count). The molecule has 2 atom stereocenters. The second-order valence-electron chi connectivity index (χ2n) is 6.68. The number of ketones is 1. The lowest BCUT2D eigenvalue weighted by molar-refractivity contribution is -0.140. The summed E-state index contributed by atoms with van der Waals surface area (Å²) in [4.78, 5) is 12.7. The van der Waals surface area contributed by atoms with Gasteiger partial charge in [-0.25, -0.2) is 0 Å². The summed E-state index contributed by atoms with van der Waals surface area (Å²) in [6.07, 6.45) is 0.807. The number of fused-ring (bicyclic) bond motifs is 1. The Kier molecular flexibility index (Phi) is 5.17. The van der Waals surface area contributed by atoms with Crippen molar-refractivity contribution in [1.82, 2.24) is 0 Å². The second-order valence-corrected chi connectivity index (χ2v) is 6.68. The maximum atomic E-state index is 12.7. The van der Waals surface area contributed by atoms with Gasteiger partial charge in [0.05, 0.1) is 12.7 Å². The molecule has 0 spiro atoms. The van der Waals surface area contributed by atoms with Crippen LogP contribution in [0.5, 0.6) is 0 Å². The van der Waals surface area contributed by atoms with Crippen molar-refractivity contribution in [1.29, 1.82) is 0 Å². The molecule has 1 aromatic carbocycles. The van der Waals surface area contributed by atoms with Crippen LogP contribution in [0.3, 0.4) is 0 Å². The van der Waals surface area contributed by atoms with Crippen molar-refractivity contribution in [2.24, 2.45) is 5.41 Å². The average Bonchev–Trinajstić information content (AvgIpc) is 2.44. The molecule has 0 amide bonds. The van der Waals surface area contributed by atoms with Crippen LogP contribution in [0.15, 0.2) is 24.3 Å². The van der Waals surface area contributed by atoms with E-state index in [0.29, 0.717) is 19.6 Å². The highest BCUT2D eigenvalue weighted by molar-refractivity contribution is 5.84. The predicted molar refractivity (Wildman–Crippen MR) is 83.3 cm³/mol. The minimum absolute atomic E-state index is 0.131. The molecular formula is C18H26O3. The number of hydrogen-bond donors (Lipinski definition) is 0. The Morgan fingerprint density at radius 3 is 2.76 bits per heavy atom. The number of ether oxygens (including phenoxy) is 2. The highest BCUT2D eigenvalue weighted by Gasteiger charge is 2.34. The van der Waals surface area contributed by atoms with Gasteiger partial charge in [-0.2, -0.15) is 0 Å². The van der Waals surface area contributed by atoms with E-state index in [1.54, 1.807) is 0 Å². The molecule has 3 nitrogen and oxygen atoms in total. The third kappa shape index (κ3) is 3.92. The van der Waals surface area contributed by atoms with Crippen molar-refractivity contribution in [2.75, 3.05) is 13.2 Å².